The molecule has 19 heavy (non-hydrogen) atoms. The van der Waals surface area contributed by atoms with Crippen LogP contribution in [-0.2, 0) is 14.3 Å². The second kappa shape index (κ2) is 5.30. The summed E-state index contributed by atoms with van der Waals surface area (Å²) >= 11 is 0. The molecule has 4 atom stereocenters. The number of hydrogen-bond acceptors (Lipinski definition) is 5. The Morgan fingerprint density at radius 2 is 2.37 bits per heavy atom. The molecule has 0 radical (unpaired) electrons. The number of aliphatic hydroxyl groups is 1. The fraction of sp³-hybridized carbons (Fsp3) is 0.692. The van der Waals surface area contributed by atoms with E-state index in [4.69, 9.17) is 4.74 Å². The molecule has 6 heteroatoms. The molecule has 1 amide bonds. The summed E-state index contributed by atoms with van der Waals surface area (Å²) in [6.07, 6.45) is 2.04. The van der Waals surface area contributed by atoms with Crippen molar-refractivity contribution in [1.29, 1.82) is 0 Å². The monoisotopic (exact) mass is 268 g/mol. The molecule has 1 saturated carbocycles. The summed E-state index contributed by atoms with van der Waals surface area (Å²) in [5, 5.41) is 15.1. The van der Waals surface area contributed by atoms with Crippen LogP contribution in [0.4, 0.5) is 0 Å². The molecule has 6 nitrogen and oxygen atoms in total. The Morgan fingerprint density at radius 3 is 2.84 bits per heavy atom. The molecule has 2 aliphatic rings. The van der Waals surface area contributed by atoms with Crippen LogP contribution < -0.4 is 10.6 Å². The second-order valence-corrected chi connectivity index (χ2v) is 5.08. The summed E-state index contributed by atoms with van der Waals surface area (Å²) < 4.78 is 5.01. The lowest BCUT2D eigenvalue weighted by Crippen LogP contribution is -2.51. The van der Waals surface area contributed by atoms with Gasteiger partial charge in [-0.2, -0.15) is 0 Å². The van der Waals surface area contributed by atoms with Crippen molar-refractivity contribution in [2.24, 2.45) is 5.92 Å². The average molecular weight is 268 g/mol. The molecule has 1 saturated heterocycles. The molecule has 3 N–H and O–H groups in total. The number of carbonyl (C=O) groups excluding carboxylic acids is 2. The topological polar surface area (TPSA) is 87.7 Å². The van der Waals surface area contributed by atoms with E-state index < -0.39 is 23.7 Å². The normalized spacial score (nSPS) is 36.6. The Labute approximate surface area is 112 Å². The van der Waals surface area contributed by atoms with Crippen molar-refractivity contribution >= 4 is 11.9 Å². The molecule has 0 aromatic carbocycles. The van der Waals surface area contributed by atoms with Crippen LogP contribution in [-0.4, -0.2) is 47.8 Å². The van der Waals surface area contributed by atoms with E-state index in [1.807, 2.05) is 0 Å². The zero-order valence-electron chi connectivity index (χ0n) is 11.0. The van der Waals surface area contributed by atoms with Crippen LogP contribution in [0, 0.1) is 5.92 Å². The molecule has 0 aromatic rings. The first kappa shape index (κ1) is 14.0. The lowest BCUT2D eigenvalue weighted by Gasteiger charge is -2.19. The first-order valence-corrected chi connectivity index (χ1v) is 6.56. The van der Waals surface area contributed by atoms with E-state index in [1.54, 1.807) is 13.0 Å². The maximum Gasteiger partial charge on any atom is 0.332 e. The smallest absolute Gasteiger partial charge is 0.332 e. The maximum absolute atomic E-state index is 12.1. The van der Waals surface area contributed by atoms with Crippen molar-refractivity contribution in [3.8, 4) is 0 Å². The minimum atomic E-state index is -0.954. The van der Waals surface area contributed by atoms with Gasteiger partial charge in [-0.1, -0.05) is 6.08 Å². The van der Waals surface area contributed by atoms with Gasteiger partial charge in [0.2, 0.25) is 5.91 Å². The van der Waals surface area contributed by atoms with Crippen LogP contribution in [0.25, 0.3) is 0 Å². The first-order valence-electron chi connectivity index (χ1n) is 6.56. The molecule has 1 aliphatic carbocycles. The van der Waals surface area contributed by atoms with Crippen LogP contribution in [0.3, 0.4) is 0 Å². The summed E-state index contributed by atoms with van der Waals surface area (Å²) in [6, 6.07) is -0.452. The van der Waals surface area contributed by atoms with Crippen molar-refractivity contribution in [2.75, 3.05) is 13.2 Å². The molecular weight excluding hydrogens is 248 g/mol. The predicted octanol–water partition coefficient (Wildman–Crippen LogP) is -0.667. The highest BCUT2D eigenvalue weighted by Gasteiger charge is 2.61. The lowest BCUT2D eigenvalue weighted by molar-refractivity contribution is -0.149. The van der Waals surface area contributed by atoms with Gasteiger partial charge in [0.25, 0.3) is 0 Å². The Bertz CT molecular complexity index is 398. The standard InChI is InChI=1S/C13H20N2O4/c1-3-8-6-13(8,12(18)19-4-2)15-11(17)10-5-9(16)7-14-10/h3,8-10,14,16H,1,4-7H2,2H3,(H,15,17)/t8?,9-,10-,13+/m0/s1. The third-order valence-electron chi connectivity index (χ3n) is 3.71. The molecule has 0 bridgehead atoms. The Hall–Kier alpha value is -1.40. The highest BCUT2D eigenvalue weighted by Crippen LogP contribution is 2.45. The third-order valence-corrected chi connectivity index (χ3v) is 3.71. The summed E-state index contributed by atoms with van der Waals surface area (Å²) in [4.78, 5) is 24.0. The highest BCUT2D eigenvalue weighted by molar-refractivity contribution is 5.93. The zero-order chi connectivity index (χ0) is 14.0. The summed E-state index contributed by atoms with van der Waals surface area (Å²) in [5.41, 5.74) is -0.954. The lowest BCUT2D eigenvalue weighted by atomic mass is 10.1. The van der Waals surface area contributed by atoms with Crippen LogP contribution >= 0.6 is 0 Å². The maximum atomic E-state index is 12.1. The number of nitrogens with one attached hydrogen (secondary N) is 2. The Balaban J connectivity index is 2.00. The van der Waals surface area contributed by atoms with Gasteiger partial charge in [0.1, 0.15) is 5.54 Å². The summed E-state index contributed by atoms with van der Waals surface area (Å²) in [5.74, 6) is -0.762. The number of amides is 1. The second-order valence-electron chi connectivity index (χ2n) is 5.08. The highest BCUT2D eigenvalue weighted by atomic mass is 16.5. The number of aliphatic hydroxyl groups excluding tert-OH is 1. The molecular formula is C13H20N2O4. The van der Waals surface area contributed by atoms with E-state index in [-0.39, 0.29) is 18.4 Å². The van der Waals surface area contributed by atoms with E-state index in [9.17, 15) is 14.7 Å². The number of β-amino-alcohol motifs (C(OH)–C–C–N with tert-alkyl or cyclic N) is 1. The SMILES string of the molecule is C=CC1C[C@]1(NC(=O)[C@@H]1C[C@H](O)CN1)C(=O)OCC. The van der Waals surface area contributed by atoms with E-state index in [0.29, 0.717) is 19.4 Å². The Kier molecular flexibility index (Phi) is 3.91. The van der Waals surface area contributed by atoms with E-state index >= 15 is 0 Å². The van der Waals surface area contributed by atoms with Crippen molar-refractivity contribution in [3.63, 3.8) is 0 Å². The van der Waals surface area contributed by atoms with Crippen molar-refractivity contribution in [3.05, 3.63) is 12.7 Å². The number of rotatable bonds is 5. The van der Waals surface area contributed by atoms with Gasteiger partial charge in [-0.05, 0) is 19.8 Å². The average Bonchev–Trinajstić information content (AvgIpc) is 2.92. The van der Waals surface area contributed by atoms with Crippen LogP contribution in [0.1, 0.15) is 19.8 Å². The number of carbonyl (C=O) groups is 2. The fourth-order valence-electron chi connectivity index (χ4n) is 2.49. The van der Waals surface area contributed by atoms with Gasteiger partial charge >= 0.3 is 5.97 Å². The minimum absolute atomic E-state index is 0.0816. The molecule has 2 rings (SSSR count). The fourth-order valence-corrected chi connectivity index (χ4v) is 2.49. The molecule has 1 aliphatic heterocycles. The largest absolute Gasteiger partial charge is 0.464 e. The molecule has 1 unspecified atom stereocenters. The van der Waals surface area contributed by atoms with Crippen LogP contribution in [0.15, 0.2) is 12.7 Å². The van der Waals surface area contributed by atoms with E-state index in [0.717, 1.165) is 0 Å². The minimum Gasteiger partial charge on any atom is -0.464 e. The predicted molar refractivity (Wildman–Crippen MR) is 68.2 cm³/mol. The van der Waals surface area contributed by atoms with E-state index in [1.165, 1.54) is 0 Å². The van der Waals surface area contributed by atoms with Gasteiger partial charge in [0, 0.05) is 12.5 Å². The molecule has 2 fully saturated rings. The number of ether oxygens (including phenoxy) is 1. The van der Waals surface area contributed by atoms with Gasteiger partial charge < -0.3 is 20.5 Å². The molecule has 0 spiro atoms. The van der Waals surface area contributed by atoms with Gasteiger partial charge in [-0.3, -0.25) is 4.79 Å². The summed E-state index contributed by atoms with van der Waals surface area (Å²) in [7, 11) is 0. The van der Waals surface area contributed by atoms with E-state index in [2.05, 4.69) is 17.2 Å². The quantitative estimate of drug-likeness (QED) is 0.455. The number of hydrogen-bond donors (Lipinski definition) is 3. The van der Waals surface area contributed by atoms with Crippen molar-refractivity contribution in [2.45, 2.75) is 37.5 Å². The molecule has 1 heterocycles. The van der Waals surface area contributed by atoms with Gasteiger partial charge in [-0.15, -0.1) is 6.58 Å². The van der Waals surface area contributed by atoms with Crippen LogP contribution in [0.5, 0.6) is 0 Å². The Morgan fingerprint density at radius 1 is 1.63 bits per heavy atom. The van der Waals surface area contributed by atoms with Gasteiger partial charge in [0.05, 0.1) is 18.8 Å². The van der Waals surface area contributed by atoms with Crippen molar-refractivity contribution in [1.82, 2.24) is 10.6 Å². The first-order chi connectivity index (χ1) is 9.03. The molecule has 0 aromatic heterocycles. The van der Waals surface area contributed by atoms with Gasteiger partial charge in [-0.25, -0.2) is 4.79 Å². The zero-order valence-corrected chi connectivity index (χ0v) is 11.0. The molecule has 106 valence electrons. The van der Waals surface area contributed by atoms with Crippen molar-refractivity contribution < 1.29 is 19.4 Å². The summed E-state index contributed by atoms with van der Waals surface area (Å²) in [6.45, 7) is 6.07. The number of esters is 1. The van der Waals surface area contributed by atoms with Crippen LogP contribution in [0.2, 0.25) is 0 Å². The third kappa shape index (κ3) is 2.64. The van der Waals surface area contributed by atoms with Gasteiger partial charge in [0.15, 0.2) is 0 Å².